The highest BCUT2D eigenvalue weighted by Crippen LogP contribution is 2.03. The van der Waals surface area contributed by atoms with E-state index in [0.717, 1.165) is 16.5 Å². The Hall–Kier alpha value is -0.580. The Balaban J connectivity index is 2.44. The summed E-state index contributed by atoms with van der Waals surface area (Å²) >= 11 is 2.24. The van der Waals surface area contributed by atoms with Crippen molar-refractivity contribution in [3.63, 3.8) is 0 Å². The van der Waals surface area contributed by atoms with E-state index >= 15 is 0 Å². The lowest BCUT2D eigenvalue weighted by Crippen LogP contribution is -2.26. The van der Waals surface area contributed by atoms with Crippen molar-refractivity contribution in [3.05, 3.63) is 35.4 Å². The minimum Gasteiger partial charge on any atom is -0.355 e. The Labute approximate surface area is 98.2 Å². The molecule has 0 heterocycles. The Morgan fingerprint density at radius 3 is 2.57 bits per heavy atom. The van der Waals surface area contributed by atoms with E-state index in [1.807, 2.05) is 31.2 Å². The van der Waals surface area contributed by atoms with E-state index < -0.39 is 0 Å². The predicted molar refractivity (Wildman–Crippen MR) is 66.8 cm³/mol. The number of rotatable bonds is 4. The number of halogens is 1. The summed E-state index contributed by atoms with van der Waals surface area (Å²) in [6, 6.07) is 8.06. The van der Waals surface area contributed by atoms with Crippen molar-refractivity contribution in [1.82, 2.24) is 5.32 Å². The lowest BCUT2D eigenvalue weighted by molar-refractivity contribution is -0.120. The topological polar surface area (TPSA) is 29.1 Å². The van der Waals surface area contributed by atoms with Gasteiger partial charge in [0, 0.05) is 11.0 Å². The third-order valence-corrected chi connectivity index (χ3v) is 2.44. The standard InChI is InChI=1S/C11H14INO/c1-9-2-4-10(5-3-9)8-11(14)13-7-6-12/h2-5H,6-8H2,1H3,(H,13,14). The summed E-state index contributed by atoms with van der Waals surface area (Å²) in [6.07, 6.45) is 0.483. The van der Waals surface area contributed by atoms with Crippen LogP contribution in [0.1, 0.15) is 11.1 Å². The van der Waals surface area contributed by atoms with Crippen LogP contribution < -0.4 is 5.32 Å². The molecule has 1 aromatic rings. The average Bonchev–Trinajstić information content (AvgIpc) is 2.18. The summed E-state index contributed by atoms with van der Waals surface area (Å²) in [6.45, 7) is 2.80. The number of hydrogen-bond acceptors (Lipinski definition) is 1. The molecule has 0 unspecified atom stereocenters. The molecule has 0 aliphatic heterocycles. The summed E-state index contributed by atoms with van der Waals surface area (Å²) in [5, 5.41) is 2.85. The smallest absolute Gasteiger partial charge is 0.224 e. The van der Waals surface area contributed by atoms with Crippen LogP contribution in [0.25, 0.3) is 0 Å². The molecular weight excluding hydrogens is 289 g/mol. The van der Waals surface area contributed by atoms with Gasteiger partial charge in [-0.3, -0.25) is 4.79 Å². The molecule has 0 aliphatic rings. The molecule has 1 rings (SSSR count). The van der Waals surface area contributed by atoms with Gasteiger partial charge in [0.1, 0.15) is 0 Å². The second kappa shape index (κ2) is 6.01. The molecule has 76 valence electrons. The minimum atomic E-state index is 0.102. The normalized spacial score (nSPS) is 9.86. The third-order valence-electron chi connectivity index (χ3n) is 1.90. The van der Waals surface area contributed by atoms with Crippen LogP contribution >= 0.6 is 22.6 Å². The van der Waals surface area contributed by atoms with Gasteiger partial charge >= 0.3 is 0 Å². The van der Waals surface area contributed by atoms with Gasteiger partial charge in [-0.25, -0.2) is 0 Å². The summed E-state index contributed by atoms with van der Waals surface area (Å²) in [5.41, 5.74) is 2.29. The maximum Gasteiger partial charge on any atom is 0.224 e. The minimum absolute atomic E-state index is 0.102. The highest BCUT2D eigenvalue weighted by Gasteiger charge is 2.01. The zero-order valence-corrected chi connectivity index (χ0v) is 10.4. The first kappa shape index (κ1) is 11.5. The quantitative estimate of drug-likeness (QED) is 0.670. The number of benzene rings is 1. The van der Waals surface area contributed by atoms with E-state index in [0.29, 0.717) is 6.42 Å². The number of aryl methyl sites for hydroxylation is 1. The molecule has 1 aromatic carbocycles. The Morgan fingerprint density at radius 1 is 1.36 bits per heavy atom. The molecule has 0 aliphatic carbocycles. The number of alkyl halides is 1. The van der Waals surface area contributed by atoms with Gasteiger partial charge in [0.25, 0.3) is 0 Å². The fourth-order valence-electron chi connectivity index (χ4n) is 1.14. The van der Waals surface area contributed by atoms with Gasteiger partial charge in [-0.2, -0.15) is 0 Å². The van der Waals surface area contributed by atoms with Crippen LogP contribution in [0.5, 0.6) is 0 Å². The predicted octanol–water partition coefficient (Wildman–Crippen LogP) is 2.09. The van der Waals surface area contributed by atoms with Crippen LogP contribution in [0.3, 0.4) is 0 Å². The van der Waals surface area contributed by atoms with E-state index in [9.17, 15) is 4.79 Å². The zero-order chi connectivity index (χ0) is 10.4. The molecule has 0 atom stereocenters. The molecule has 3 heteroatoms. The van der Waals surface area contributed by atoms with Crippen LogP contribution in [-0.4, -0.2) is 16.9 Å². The third kappa shape index (κ3) is 4.09. The molecule has 2 nitrogen and oxygen atoms in total. The molecule has 0 aromatic heterocycles. The largest absolute Gasteiger partial charge is 0.355 e. The summed E-state index contributed by atoms with van der Waals surface area (Å²) in [4.78, 5) is 11.3. The van der Waals surface area contributed by atoms with Crippen molar-refractivity contribution < 1.29 is 4.79 Å². The molecular formula is C11H14INO. The highest BCUT2D eigenvalue weighted by molar-refractivity contribution is 14.1. The first-order valence-corrected chi connectivity index (χ1v) is 6.13. The molecule has 14 heavy (non-hydrogen) atoms. The number of carbonyl (C=O) groups is 1. The van der Waals surface area contributed by atoms with Gasteiger partial charge in [0.15, 0.2) is 0 Å². The fourth-order valence-corrected chi connectivity index (χ4v) is 1.41. The maximum atomic E-state index is 11.3. The van der Waals surface area contributed by atoms with Gasteiger partial charge in [-0.15, -0.1) is 0 Å². The second-order valence-corrected chi connectivity index (χ2v) is 4.28. The molecule has 1 N–H and O–H groups in total. The second-order valence-electron chi connectivity index (χ2n) is 3.20. The van der Waals surface area contributed by atoms with Crippen LogP contribution in [0.2, 0.25) is 0 Å². The molecule has 0 fully saturated rings. The van der Waals surface area contributed by atoms with Crippen molar-refractivity contribution in [2.75, 3.05) is 11.0 Å². The number of amides is 1. The van der Waals surface area contributed by atoms with Crippen molar-refractivity contribution in [2.45, 2.75) is 13.3 Å². The van der Waals surface area contributed by atoms with E-state index in [1.54, 1.807) is 0 Å². The highest BCUT2D eigenvalue weighted by atomic mass is 127. The number of carbonyl (C=O) groups excluding carboxylic acids is 1. The Kier molecular flexibility index (Phi) is 4.93. The Morgan fingerprint density at radius 2 is 2.00 bits per heavy atom. The average molecular weight is 303 g/mol. The molecule has 0 saturated heterocycles. The Bertz CT molecular complexity index is 295. The molecule has 0 bridgehead atoms. The lowest BCUT2D eigenvalue weighted by Gasteiger charge is -2.03. The van der Waals surface area contributed by atoms with Gasteiger partial charge in [0.05, 0.1) is 6.42 Å². The van der Waals surface area contributed by atoms with E-state index in [1.165, 1.54) is 5.56 Å². The fraction of sp³-hybridized carbons (Fsp3) is 0.364. The maximum absolute atomic E-state index is 11.3. The SMILES string of the molecule is Cc1ccc(CC(=O)NCCI)cc1. The number of hydrogen-bond donors (Lipinski definition) is 1. The van der Waals surface area contributed by atoms with Gasteiger partial charge in [0.2, 0.25) is 5.91 Å². The van der Waals surface area contributed by atoms with Crippen LogP contribution in [0, 0.1) is 6.92 Å². The van der Waals surface area contributed by atoms with E-state index in [2.05, 4.69) is 27.9 Å². The zero-order valence-electron chi connectivity index (χ0n) is 8.22. The van der Waals surface area contributed by atoms with Crippen molar-refractivity contribution in [2.24, 2.45) is 0 Å². The molecule has 0 spiro atoms. The van der Waals surface area contributed by atoms with Crippen LogP contribution in [0.4, 0.5) is 0 Å². The van der Waals surface area contributed by atoms with Crippen molar-refractivity contribution in [1.29, 1.82) is 0 Å². The molecule has 1 amide bonds. The van der Waals surface area contributed by atoms with Gasteiger partial charge in [-0.1, -0.05) is 52.4 Å². The monoisotopic (exact) mass is 303 g/mol. The first-order chi connectivity index (χ1) is 6.72. The first-order valence-electron chi connectivity index (χ1n) is 4.60. The van der Waals surface area contributed by atoms with E-state index in [4.69, 9.17) is 0 Å². The van der Waals surface area contributed by atoms with Crippen molar-refractivity contribution >= 4 is 28.5 Å². The van der Waals surface area contributed by atoms with E-state index in [-0.39, 0.29) is 5.91 Å². The molecule has 0 radical (unpaired) electrons. The summed E-state index contributed by atoms with van der Waals surface area (Å²) in [5.74, 6) is 0.102. The van der Waals surface area contributed by atoms with Gasteiger partial charge in [-0.05, 0) is 12.5 Å². The van der Waals surface area contributed by atoms with Crippen LogP contribution in [0.15, 0.2) is 24.3 Å². The lowest BCUT2D eigenvalue weighted by atomic mass is 10.1. The summed E-state index contributed by atoms with van der Waals surface area (Å²) < 4.78 is 0.956. The number of nitrogens with one attached hydrogen (secondary N) is 1. The van der Waals surface area contributed by atoms with Gasteiger partial charge < -0.3 is 5.32 Å². The molecule has 0 saturated carbocycles. The van der Waals surface area contributed by atoms with Crippen LogP contribution in [-0.2, 0) is 11.2 Å². The summed E-state index contributed by atoms with van der Waals surface area (Å²) in [7, 11) is 0. The van der Waals surface area contributed by atoms with Crippen molar-refractivity contribution in [3.8, 4) is 0 Å².